The van der Waals surface area contributed by atoms with Gasteiger partial charge in [-0.15, -0.1) is 0 Å². The van der Waals surface area contributed by atoms with Crippen molar-refractivity contribution in [3.05, 3.63) is 82.7 Å². The lowest BCUT2D eigenvalue weighted by Gasteiger charge is -2.13. The molecule has 0 aliphatic carbocycles. The van der Waals surface area contributed by atoms with E-state index in [2.05, 4.69) is 32.0 Å². The van der Waals surface area contributed by atoms with Crippen LogP contribution in [-0.4, -0.2) is 29.2 Å². The summed E-state index contributed by atoms with van der Waals surface area (Å²) in [4.78, 5) is 38.3. The van der Waals surface area contributed by atoms with E-state index in [1.165, 1.54) is 35.0 Å². The molecule has 0 bridgehead atoms. The van der Waals surface area contributed by atoms with Gasteiger partial charge in [0, 0.05) is 21.6 Å². The number of hydrogen-bond donors (Lipinski definition) is 3. The summed E-state index contributed by atoms with van der Waals surface area (Å²) < 4.78 is 26.5. The van der Waals surface area contributed by atoms with Gasteiger partial charge in [-0.2, -0.15) is 0 Å². The Labute approximate surface area is 205 Å². The highest BCUT2D eigenvalue weighted by Gasteiger charge is 2.22. The SMILES string of the molecule is O=C(Nc1ccc2c(c1)OCO2)C(=O)Nn1c(C(=O)Nc2ccccc2F)cc2cc(Br)ccc21. The van der Waals surface area contributed by atoms with E-state index in [4.69, 9.17) is 9.47 Å². The summed E-state index contributed by atoms with van der Waals surface area (Å²) in [7, 11) is 0. The van der Waals surface area contributed by atoms with E-state index in [0.717, 1.165) is 4.47 Å². The number of aromatic nitrogens is 1. The molecule has 0 fully saturated rings. The second kappa shape index (κ2) is 9.11. The minimum absolute atomic E-state index is 0.00872. The smallest absolute Gasteiger partial charge is 0.328 e. The van der Waals surface area contributed by atoms with Gasteiger partial charge in [-0.1, -0.05) is 28.1 Å². The molecule has 2 heterocycles. The molecule has 0 unspecified atom stereocenters. The van der Waals surface area contributed by atoms with Crippen LogP contribution in [0.25, 0.3) is 10.9 Å². The number of nitrogens with one attached hydrogen (secondary N) is 3. The zero-order valence-electron chi connectivity index (χ0n) is 17.8. The number of carbonyl (C=O) groups excluding carboxylic acids is 3. The third-order valence-electron chi connectivity index (χ3n) is 5.17. The van der Waals surface area contributed by atoms with E-state index in [0.29, 0.717) is 28.1 Å². The number of para-hydroxylation sites is 1. The van der Waals surface area contributed by atoms with E-state index in [9.17, 15) is 18.8 Å². The lowest BCUT2D eigenvalue weighted by Crippen LogP contribution is -2.36. The van der Waals surface area contributed by atoms with E-state index in [1.54, 1.807) is 36.4 Å². The van der Waals surface area contributed by atoms with Gasteiger partial charge in [0.15, 0.2) is 11.5 Å². The highest BCUT2D eigenvalue weighted by Crippen LogP contribution is 2.34. The first-order valence-corrected chi connectivity index (χ1v) is 11.1. The Morgan fingerprint density at radius 1 is 0.886 bits per heavy atom. The van der Waals surface area contributed by atoms with Crippen molar-refractivity contribution in [2.75, 3.05) is 22.9 Å². The predicted octanol–water partition coefficient (Wildman–Crippen LogP) is 4.23. The topological polar surface area (TPSA) is 111 Å². The molecule has 0 radical (unpaired) electrons. The maximum Gasteiger partial charge on any atom is 0.328 e. The maximum atomic E-state index is 14.1. The van der Waals surface area contributed by atoms with E-state index >= 15 is 0 Å². The number of benzene rings is 3. The molecule has 9 nitrogen and oxygen atoms in total. The highest BCUT2D eigenvalue weighted by atomic mass is 79.9. The molecule has 0 saturated carbocycles. The summed E-state index contributed by atoms with van der Waals surface area (Å²) >= 11 is 3.37. The van der Waals surface area contributed by atoms with Crippen molar-refractivity contribution >= 4 is 55.9 Å². The van der Waals surface area contributed by atoms with Crippen LogP contribution in [0.3, 0.4) is 0 Å². The summed E-state index contributed by atoms with van der Waals surface area (Å²) in [5.74, 6) is -2.32. The molecule has 3 aromatic carbocycles. The number of amides is 3. The van der Waals surface area contributed by atoms with Crippen LogP contribution in [0.15, 0.2) is 71.2 Å². The van der Waals surface area contributed by atoms with Crippen LogP contribution in [0.4, 0.5) is 15.8 Å². The van der Waals surface area contributed by atoms with Crippen LogP contribution in [0, 0.1) is 5.82 Å². The molecule has 1 aliphatic rings. The summed E-state index contributed by atoms with van der Waals surface area (Å²) in [6, 6.07) is 17.0. The Kier molecular flexibility index (Phi) is 5.83. The molecule has 1 aromatic heterocycles. The van der Waals surface area contributed by atoms with Crippen LogP contribution in [0.1, 0.15) is 10.5 Å². The zero-order valence-corrected chi connectivity index (χ0v) is 19.4. The Hall–Kier alpha value is -4.38. The molecule has 0 atom stereocenters. The Morgan fingerprint density at radius 3 is 2.51 bits per heavy atom. The van der Waals surface area contributed by atoms with Gasteiger partial charge < -0.3 is 20.1 Å². The van der Waals surface area contributed by atoms with E-state index in [-0.39, 0.29) is 18.2 Å². The fourth-order valence-corrected chi connectivity index (χ4v) is 3.92. The number of nitrogens with zero attached hydrogens (tertiary/aromatic N) is 1. The summed E-state index contributed by atoms with van der Waals surface area (Å²) in [5, 5.41) is 5.57. The number of fused-ring (bicyclic) bond motifs is 2. The fourth-order valence-electron chi connectivity index (χ4n) is 3.54. The second-order valence-corrected chi connectivity index (χ2v) is 8.38. The van der Waals surface area contributed by atoms with Gasteiger partial charge in [0.25, 0.3) is 5.91 Å². The first kappa shape index (κ1) is 22.4. The molecule has 3 N–H and O–H groups in total. The van der Waals surface area contributed by atoms with Gasteiger partial charge in [-0.25, -0.2) is 9.07 Å². The number of carbonyl (C=O) groups is 3. The molecule has 0 spiro atoms. The van der Waals surface area contributed by atoms with Crippen molar-refractivity contribution in [1.82, 2.24) is 4.68 Å². The number of anilines is 2. The first-order chi connectivity index (χ1) is 16.9. The Bertz CT molecular complexity index is 1500. The lowest BCUT2D eigenvalue weighted by atomic mass is 10.2. The number of hydrogen-bond acceptors (Lipinski definition) is 5. The van der Waals surface area contributed by atoms with Gasteiger partial charge >= 0.3 is 11.8 Å². The normalized spacial score (nSPS) is 11.8. The maximum absolute atomic E-state index is 14.1. The highest BCUT2D eigenvalue weighted by molar-refractivity contribution is 9.10. The van der Waals surface area contributed by atoms with Crippen molar-refractivity contribution in [2.24, 2.45) is 0 Å². The van der Waals surface area contributed by atoms with Gasteiger partial charge in [0.2, 0.25) is 6.79 Å². The van der Waals surface area contributed by atoms with Gasteiger partial charge in [0.05, 0.1) is 11.2 Å². The first-order valence-electron chi connectivity index (χ1n) is 10.3. The molecule has 35 heavy (non-hydrogen) atoms. The molecule has 4 aromatic rings. The largest absolute Gasteiger partial charge is 0.454 e. The van der Waals surface area contributed by atoms with Crippen LogP contribution < -0.4 is 25.5 Å². The van der Waals surface area contributed by atoms with Crippen molar-refractivity contribution < 1.29 is 28.2 Å². The molecule has 0 saturated heterocycles. The second-order valence-electron chi connectivity index (χ2n) is 7.47. The Morgan fingerprint density at radius 2 is 1.69 bits per heavy atom. The van der Waals surface area contributed by atoms with Crippen LogP contribution >= 0.6 is 15.9 Å². The van der Waals surface area contributed by atoms with Gasteiger partial charge in [-0.05, 0) is 48.5 Å². The summed E-state index contributed by atoms with van der Waals surface area (Å²) in [6.07, 6.45) is 0. The third-order valence-corrected chi connectivity index (χ3v) is 5.66. The molecule has 11 heteroatoms. The standard InChI is InChI=1S/C24H16BrFN4O5/c25-14-5-7-18-13(9-14)10-19(22(31)28-17-4-2-1-3-16(17)26)30(18)29-24(33)23(32)27-15-6-8-20-21(11-15)35-12-34-20/h1-11H,12H2,(H,27,32)(H,28,31)(H,29,33). The van der Waals surface area contributed by atoms with Gasteiger partial charge in [0.1, 0.15) is 11.5 Å². The molecular weight excluding hydrogens is 523 g/mol. The van der Waals surface area contributed by atoms with Crippen molar-refractivity contribution in [3.63, 3.8) is 0 Å². The number of rotatable bonds is 4. The summed E-state index contributed by atoms with van der Waals surface area (Å²) in [5.41, 5.74) is 3.19. The van der Waals surface area contributed by atoms with Crippen LogP contribution in [-0.2, 0) is 9.59 Å². The predicted molar refractivity (Wildman–Crippen MR) is 130 cm³/mol. The van der Waals surface area contributed by atoms with Crippen molar-refractivity contribution in [2.45, 2.75) is 0 Å². The molecule has 5 rings (SSSR count). The zero-order chi connectivity index (χ0) is 24.5. The molecule has 176 valence electrons. The van der Waals surface area contributed by atoms with E-state index in [1.807, 2.05) is 0 Å². The lowest BCUT2D eigenvalue weighted by molar-refractivity contribution is -0.133. The van der Waals surface area contributed by atoms with Gasteiger partial charge in [-0.3, -0.25) is 19.8 Å². The third kappa shape index (κ3) is 4.53. The average molecular weight is 539 g/mol. The molecular formula is C24H16BrFN4O5. The minimum Gasteiger partial charge on any atom is -0.454 e. The average Bonchev–Trinajstić information content (AvgIpc) is 3.44. The fraction of sp³-hybridized carbons (Fsp3) is 0.0417. The molecule has 3 amide bonds. The van der Waals surface area contributed by atoms with Crippen LogP contribution in [0.5, 0.6) is 11.5 Å². The quantitative estimate of drug-likeness (QED) is 0.337. The Balaban J connectivity index is 1.41. The van der Waals surface area contributed by atoms with Crippen molar-refractivity contribution in [1.29, 1.82) is 0 Å². The van der Waals surface area contributed by atoms with E-state index < -0.39 is 23.5 Å². The monoisotopic (exact) mass is 538 g/mol. The summed E-state index contributed by atoms with van der Waals surface area (Å²) in [6.45, 7) is 0.0712. The number of ether oxygens (including phenoxy) is 2. The van der Waals surface area contributed by atoms with Crippen molar-refractivity contribution in [3.8, 4) is 11.5 Å². The minimum atomic E-state index is -1.02. The number of halogens is 2. The van der Waals surface area contributed by atoms with Crippen LogP contribution in [0.2, 0.25) is 0 Å². The molecule has 1 aliphatic heterocycles.